The van der Waals surface area contributed by atoms with Crippen LogP contribution in [-0.4, -0.2) is 14.0 Å². The highest BCUT2D eigenvalue weighted by Gasteiger charge is 2.19. The van der Waals surface area contributed by atoms with Gasteiger partial charge in [0, 0.05) is 54.6 Å². The van der Waals surface area contributed by atoms with Crippen molar-refractivity contribution in [3.63, 3.8) is 0 Å². The number of benzene rings is 5. The lowest BCUT2D eigenvalue weighted by atomic mass is 10.0. The largest absolute Gasteiger partial charge is 0.309 e. The lowest BCUT2D eigenvalue weighted by Crippen LogP contribution is -1.93. The lowest BCUT2D eigenvalue weighted by Gasteiger charge is -2.09. The molecule has 4 aromatic heterocycles. The third-order valence-electron chi connectivity index (χ3n) is 7.95. The van der Waals surface area contributed by atoms with E-state index in [1.807, 2.05) is 35.7 Å². The predicted octanol–water partition coefficient (Wildman–Crippen LogP) is 9.62. The fourth-order valence-corrected chi connectivity index (χ4v) is 7.35. The Bertz CT molecular complexity index is 2350. The van der Waals surface area contributed by atoms with Gasteiger partial charge >= 0.3 is 0 Å². The molecule has 0 spiro atoms. The summed E-state index contributed by atoms with van der Waals surface area (Å²) < 4.78 is 7.14. The summed E-state index contributed by atoms with van der Waals surface area (Å²) in [6.07, 6.45) is 4.13. The van der Waals surface area contributed by atoms with Gasteiger partial charge in [-0.3, -0.25) is 0 Å². The first kappa shape index (κ1) is 21.1. The quantitative estimate of drug-likeness (QED) is 0.225. The fraction of sp³-hybridized carbons (Fsp3) is 0. The molecule has 0 atom stereocenters. The van der Waals surface area contributed by atoms with E-state index in [0.29, 0.717) is 0 Å². The average molecular weight is 516 g/mol. The van der Waals surface area contributed by atoms with Crippen molar-refractivity contribution in [2.24, 2.45) is 0 Å². The molecular formula is C35H21N3S. The molecule has 0 amide bonds. The highest BCUT2D eigenvalue weighted by molar-refractivity contribution is 7.26. The van der Waals surface area contributed by atoms with Crippen molar-refractivity contribution in [1.29, 1.82) is 0 Å². The number of aromatic nitrogens is 3. The van der Waals surface area contributed by atoms with E-state index in [9.17, 15) is 0 Å². The standard InChI is InChI=1S/C35H21N3S/c1-2-8-25-22(7-1)14-18-30-34(25)35-31(39-30)19-17-29-33(35)26-9-3-4-10-28(26)38(29)24-15-12-23(13-16-24)27-21-37-20-6-5-11-32(37)36-27/h1-21H. The maximum atomic E-state index is 4.81. The highest BCUT2D eigenvalue weighted by atomic mass is 32.1. The van der Waals surface area contributed by atoms with E-state index in [-0.39, 0.29) is 0 Å². The lowest BCUT2D eigenvalue weighted by molar-refractivity contribution is 1.18. The highest BCUT2D eigenvalue weighted by Crippen LogP contribution is 2.45. The van der Waals surface area contributed by atoms with Crippen molar-refractivity contribution in [2.75, 3.05) is 0 Å². The monoisotopic (exact) mass is 515 g/mol. The second-order valence-electron chi connectivity index (χ2n) is 10.1. The zero-order chi connectivity index (χ0) is 25.5. The maximum Gasteiger partial charge on any atom is 0.137 e. The van der Waals surface area contributed by atoms with Crippen LogP contribution in [0.15, 0.2) is 128 Å². The molecule has 0 saturated heterocycles. The molecule has 0 aliphatic heterocycles. The Morgan fingerprint density at radius 3 is 2.23 bits per heavy atom. The molecule has 0 aliphatic rings. The third kappa shape index (κ3) is 2.95. The average Bonchev–Trinajstić information content (AvgIpc) is 3.68. The summed E-state index contributed by atoms with van der Waals surface area (Å²) >= 11 is 1.89. The molecule has 182 valence electrons. The van der Waals surface area contributed by atoms with Crippen LogP contribution in [0.2, 0.25) is 0 Å². The first-order valence-corrected chi connectivity index (χ1v) is 14.0. The molecule has 39 heavy (non-hydrogen) atoms. The molecule has 0 unspecified atom stereocenters. The molecule has 0 fully saturated rings. The molecule has 0 saturated carbocycles. The van der Waals surface area contributed by atoms with Crippen molar-refractivity contribution in [3.05, 3.63) is 128 Å². The molecule has 0 N–H and O–H groups in total. The summed E-state index contributed by atoms with van der Waals surface area (Å²) in [6, 6.07) is 41.6. The summed E-state index contributed by atoms with van der Waals surface area (Å²) in [6.45, 7) is 0. The van der Waals surface area contributed by atoms with Crippen LogP contribution in [0.1, 0.15) is 0 Å². The first-order chi connectivity index (χ1) is 19.3. The van der Waals surface area contributed by atoms with Crippen molar-refractivity contribution in [2.45, 2.75) is 0 Å². The van der Waals surface area contributed by atoms with Gasteiger partial charge in [-0.1, -0.05) is 66.7 Å². The summed E-state index contributed by atoms with van der Waals surface area (Å²) in [7, 11) is 0. The zero-order valence-corrected chi connectivity index (χ0v) is 21.7. The van der Waals surface area contributed by atoms with Gasteiger partial charge < -0.3 is 8.97 Å². The summed E-state index contributed by atoms with van der Waals surface area (Å²) in [4.78, 5) is 4.81. The van der Waals surface area contributed by atoms with E-state index in [1.54, 1.807) is 0 Å². The van der Waals surface area contributed by atoms with Crippen molar-refractivity contribution in [3.8, 4) is 16.9 Å². The minimum atomic E-state index is 0.957. The smallest absolute Gasteiger partial charge is 0.137 e. The van der Waals surface area contributed by atoms with Gasteiger partial charge in [0.15, 0.2) is 0 Å². The second-order valence-corrected chi connectivity index (χ2v) is 11.2. The van der Waals surface area contributed by atoms with E-state index in [4.69, 9.17) is 4.98 Å². The van der Waals surface area contributed by atoms with Crippen LogP contribution in [0, 0.1) is 0 Å². The van der Waals surface area contributed by atoms with Crippen molar-refractivity contribution < 1.29 is 0 Å². The molecule has 3 nitrogen and oxygen atoms in total. The number of rotatable bonds is 2. The topological polar surface area (TPSA) is 22.2 Å². The van der Waals surface area contributed by atoms with Crippen LogP contribution >= 0.6 is 11.3 Å². The van der Waals surface area contributed by atoms with Crippen molar-refractivity contribution >= 4 is 69.7 Å². The Balaban J connectivity index is 1.33. The Hall–Kier alpha value is -4.93. The van der Waals surface area contributed by atoms with Gasteiger partial charge in [0.25, 0.3) is 0 Å². The Morgan fingerprint density at radius 2 is 1.33 bits per heavy atom. The third-order valence-corrected chi connectivity index (χ3v) is 9.07. The summed E-state index contributed by atoms with van der Waals surface area (Å²) in [5.74, 6) is 0. The number of fused-ring (bicyclic) bond motifs is 10. The van der Waals surface area contributed by atoms with Crippen LogP contribution in [0.3, 0.4) is 0 Å². The number of hydrogen-bond donors (Lipinski definition) is 0. The van der Waals surface area contributed by atoms with Crippen LogP contribution in [0.4, 0.5) is 0 Å². The maximum absolute atomic E-state index is 4.81. The Labute approximate surface area is 227 Å². The van der Waals surface area contributed by atoms with E-state index in [1.165, 1.54) is 52.8 Å². The molecule has 0 radical (unpaired) electrons. The number of para-hydroxylation sites is 1. The van der Waals surface area contributed by atoms with Crippen LogP contribution in [0.5, 0.6) is 0 Å². The number of hydrogen-bond acceptors (Lipinski definition) is 2. The predicted molar refractivity (Wildman–Crippen MR) is 165 cm³/mol. The first-order valence-electron chi connectivity index (χ1n) is 13.1. The van der Waals surface area contributed by atoms with Crippen molar-refractivity contribution in [1.82, 2.24) is 14.0 Å². The normalized spacial score (nSPS) is 12.1. The number of imidazole rings is 1. The second kappa shape index (κ2) is 7.79. The van der Waals surface area contributed by atoms with E-state index in [2.05, 4.69) is 112 Å². The molecular weight excluding hydrogens is 494 g/mol. The van der Waals surface area contributed by atoms with E-state index < -0.39 is 0 Å². The van der Waals surface area contributed by atoms with Gasteiger partial charge in [-0.15, -0.1) is 11.3 Å². The molecule has 4 heteroatoms. The minimum Gasteiger partial charge on any atom is -0.309 e. The van der Waals surface area contributed by atoms with Crippen LogP contribution < -0.4 is 0 Å². The number of thiophene rings is 1. The number of nitrogens with zero attached hydrogens (tertiary/aromatic N) is 3. The number of pyridine rings is 1. The van der Waals surface area contributed by atoms with Gasteiger partial charge in [-0.05, 0) is 59.3 Å². The molecule has 9 rings (SSSR count). The zero-order valence-electron chi connectivity index (χ0n) is 20.9. The van der Waals surface area contributed by atoms with E-state index in [0.717, 1.165) is 22.6 Å². The Morgan fingerprint density at radius 1 is 0.564 bits per heavy atom. The van der Waals surface area contributed by atoms with Crippen LogP contribution in [0.25, 0.3) is 75.3 Å². The molecule has 4 heterocycles. The van der Waals surface area contributed by atoms with Crippen LogP contribution in [-0.2, 0) is 0 Å². The summed E-state index contributed by atoms with van der Waals surface area (Å²) in [5, 5.41) is 7.95. The molecule has 5 aromatic carbocycles. The van der Waals surface area contributed by atoms with Gasteiger partial charge in [0.1, 0.15) is 5.65 Å². The molecule has 9 aromatic rings. The SMILES string of the molecule is c1ccc2c(c1)ccc1sc3ccc4c(c5ccccc5n4-c4ccc(-c5cn6ccccc6n5)cc4)c3c12. The fourth-order valence-electron chi connectivity index (χ4n) is 6.22. The van der Waals surface area contributed by atoms with Gasteiger partial charge in [-0.25, -0.2) is 4.98 Å². The molecule has 0 bridgehead atoms. The van der Waals surface area contributed by atoms with Gasteiger partial charge in [-0.2, -0.15) is 0 Å². The molecule has 0 aliphatic carbocycles. The Kier molecular flexibility index (Phi) is 4.21. The van der Waals surface area contributed by atoms with Gasteiger partial charge in [0.2, 0.25) is 0 Å². The van der Waals surface area contributed by atoms with Gasteiger partial charge in [0.05, 0.1) is 16.7 Å². The summed E-state index contributed by atoms with van der Waals surface area (Å²) in [5.41, 5.74) is 6.65. The minimum absolute atomic E-state index is 0.957. The van der Waals surface area contributed by atoms with E-state index >= 15 is 0 Å².